The lowest BCUT2D eigenvalue weighted by Gasteiger charge is -2.11. The van der Waals surface area contributed by atoms with Gasteiger partial charge in [-0.2, -0.15) is 5.26 Å². The zero-order valence-corrected chi connectivity index (χ0v) is 9.30. The van der Waals surface area contributed by atoms with Crippen LogP contribution in [0.15, 0.2) is 60.7 Å². The number of nitrogens with one attached hydrogen (secondary N) is 1. The Morgan fingerprint density at radius 3 is 2.00 bits per heavy atom. The molecule has 1 unspecified atom stereocenters. The minimum Gasteiger partial charge on any atom is -0.303 e. The molecule has 2 nitrogen and oxygen atoms in total. The molecule has 2 heteroatoms. The van der Waals surface area contributed by atoms with Gasteiger partial charge >= 0.3 is 0 Å². The second-order valence-electron chi connectivity index (χ2n) is 3.75. The van der Waals surface area contributed by atoms with Crippen LogP contribution in [0.25, 0.3) is 0 Å². The number of hydrogen-bond donors (Lipinski definition) is 1. The first-order valence-electron chi connectivity index (χ1n) is 5.41. The van der Waals surface area contributed by atoms with Crippen LogP contribution in [0.2, 0.25) is 0 Å². The molecular formula is C15H12N2. The van der Waals surface area contributed by atoms with Crippen molar-refractivity contribution in [2.75, 3.05) is 0 Å². The molecule has 17 heavy (non-hydrogen) atoms. The minimum absolute atomic E-state index is 0.347. The van der Waals surface area contributed by atoms with Gasteiger partial charge in [0.05, 0.1) is 11.8 Å². The Morgan fingerprint density at radius 2 is 1.47 bits per heavy atom. The highest BCUT2D eigenvalue weighted by Crippen LogP contribution is 2.19. The fourth-order valence-corrected chi connectivity index (χ4v) is 1.74. The van der Waals surface area contributed by atoms with Crippen molar-refractivity contribution >= 4 is 5.71 Å². The van der Waals surface area contributed by atoms with E-state index in [-0.39, 0.29) is 0 Å². The van der Waals surface area contributed by atoms with Crippen molar-refractivity contribution in [3.63, 3.8) is 0 Å². The highest BCUT2D eigenvalue weighted by Gasteiger charge is 2.17. The standard InChI is InChI=1S/C15H12N2/c16-11-14(12-7-3-1-4-8-12)15(17)13-9-5-2-6-10-13/h1-10,14,17H. The molecule has 2 rings (SSSR count). The molecule has 82 valence electrons. The minimum atomic E-state index is -0.501. The van der Waals surface area contributed by atoms with Gasteiger partial charge in [0.2, 0.25) is 0 Å². The van der Waals surface area contributed by atoms with E-state index in [9.17, 15) is 5.26 Å². The van der Waals surface area contributed by atoms with Gasteiger partial charge in [-0.3, -0.25) is 0 Å². The predicted octanol–water partition coefficient (Wildman–Crippen LogP) is 3.36. The van der Waals surface area contributed by atoms with Gasteiger partial charge in [0.1, 0.15) is 5.92 Å². The first kappa shape index (κ1) is 11.1. The molecule has 0 amide bonds. The number of benzene rings is 2. The second kappa shape index (κ2) is 5.09. The van der Waals surface area contributed by atoms with Gasteiger partial charge in [-0.15, -0.1) is 0 Å². The smallest absolute Gasteiger partial charge is 0.113 e. The van der Waals surface area contributed by atoms with E-state index in [0.717, 1.165) is 11.1 Å². The van der Waals surface area contributed by atoms with E-state index in [4.69, 9.17) is 5.41 Å². The maximum absolute atomic E-state index is 9.22. The molecule has 0 heterocycles. The topological polar surface area (TPSA) is 47.6 Å². The Hall–Kier alpha value is -2.40. The molecule has 0 saturated heterocycles. The monoisotopic (exact) mass is 220 g/mol. The molecule has 0 radical (unpaired) electrons. The molecule has 2 aromatic carbocycles. The Bertz CT molecular complexity index is 538. The van der Waals surface area contributed by atoms with Crippen molar-refractivity contribution in [3.8, 4) is 6.07 Å². The van der Waals surface area contributed by atoms with E-state index in [1.165, 1.54) is 0 Å². The summed E-state index contributed by atoms with van der Waals surface area (Å²) in [6.45, 7) is 0. The van der Waals surface area contributed by atoms with Crippen LogP contribution < -0.4 is 0 Å². The average Bonchev–Trinajstić information content (AvgIpc) is 2.42. The molecule has 0 spiro atoms. The summed E-state index contributed by atoms with van der Waals surface area (Å²) in [7, 11) is 0. The van der Waals surface area contributed by atoms with Crippen LogP contribution in [0.5, 0.6) is 0 Å². The first-order valence-corrected chi connectivity index (χ1v) is 5.41. The number of nitrogens with zero attached hydrogens (tertiary/aromatic N) is 1. The summed E-state index contributed by atoms with van der Waals surface area (Å²) >= 11 is 0. The summed E-state index contributed by atoms with van der Waals surface area (Å²) in [6.07, 6.45) is 0. The number of rotatable bonds is 3. The lowest BCUT2D eigenvalue weighted by atomic mass is 9.91. The molecule has 0 aliphatic rings. The van der Waals surface area contributed by atoms with Gasteiger partial charge in [-0.05, 0) is 11.1 Å². The first-order chi connectivity index (χ1) is 8.33. The SMILES string of the molecule is N#CC(C(=N)c1ccccc1)c1ccccc1. The van der Waals surface area contributed by atoms with Crippen molar-refractivity contribution in [2.24, 2.45) is 0 Å². The Morgan fingerprint density at radius 1 is 0.941 bits per heavy atom. The van der Waals surface area contributed by atoms with Crippen LogP contribution in [0.3, 0.4) is 0 Å². The van der Waals surface area contributed by atoms with Gasteiger partial charge in [0.25, 0.3) is 0 Å². The third-order valence-corrected chi connectivity index (χ3v) is 2.64. The van der Waals surface area contributed by atoms with Crippen LogP contribution in [-0.2, 0) is 0 Å². The van der Waals surface area contributed by atoms with Crippen LogP contribution >= 0.6 is 0 Å². The number of nitriles is 1. The fraction of sp³-hybridized carbons (Fsp3) is 0.0667. The summed E-state index contributed by atoms with van der Waals surface area (Å²) in [5, 5.41) is 17.3. The molecule has 0 bridgehead atoms. The van der Waals surface area contributed by atoms with Crippen LogP contribution in [0, 0.1) is 16.7 Å². The van der Waals surface area contributed by atoms with Crippen LogP contribution in [0.4, 0.5) is 0 Å². The van der Waals surface area contributed by atoms with Crippen LogP contribution in [0.1, 0.15) is 17.0 Å². The summed E-state index contributed by atoms with van der Waals surface area (Å²) < 4.78 is 0. The third-order valence-electron chi connectivity index (χ3n) is 2.64. The van der Waals surface area contributed by atoms with Crippen molar-refractivity contribution in [2.45, 2.75) is 5.92 Å². The fourth-order valence-electron chi connectivity index (χ4n) is 1.74. The molecule has 1 atom stereocenters. The second-order valence-corrected chi connectivity index (χ2v) is 3.75. The van der Waals surface area contributed by atoms with Gasteiger partial charge < -0.3 is 5.41 Å². The van der Waals surface area contributed by atoms with Crippen molar-refractivity contribution in [1.29, 1.82) is 10.7 Å². The predicted molar refractivity (Wildman–Crippen MR) is 68.1 cm³/mol. The highest BCUT2D eigenvalue weighted by molar-refractivity contribution is 6.04. The zero-order valence-electron chi connectivity index (χ0n) is 9.30. The van der Waals surface area contributed by atoms with E-state index >= 15 is 0 Å². The Kier molecular flexibility index (Phi) is 3.32. The van der Waals surface area contributed by atoms with Crippen molar-refractivity contribution < 1.29 is 0 Å². The molecule has 0 fully saturated rings. The van der Waals surface area contributed by atoms with Gasteiger partial charge in [0.15, 0.2) is 0 Å². The Balaban J connectivity index is 2.33. The average molecular weight is 220 g/mol. The molecule has 0 aromatic heterocycles. The van der Waals surface area contributed by atoms with E-state index in [0.29, 0.717) is 5.71 Å². The maximum Gasteiger partial charge on any atom is 0.113 e. The quantitative estimate of drug-likeness (QED) is 0.792. The van der Waals surface area contributed by atoms with Gasteiger partial charge in [-0.1, -0.05) is 60.7 Å². The number of hydrogen-bond acceptors (Lipinski definition) is 2. The lowest BCUT2D eigenvalue weighted by Crippen LogP contribution is -2.10. The Labute approximate surface area is 101 Å². The van der Waals surface area contributed by atoms with E-state index in [1.807, 2.05) is 60.7 Å². The third kappa shape index (κ3) is 2.40. The van der Waals surface area contributed by atoms with E-state index < -0.39 is 5.92 Å². The summed E-state index contributed by atoms with van der Waals surface area (Å²) in [5.74, 6) is -0.501. The molecule has 2 aromatic rings. The zero-order chi connectivity index (χ0) is 12.1. The van der Waals surface area contributed by atoms with E-state index in [2.05, 4.69) is 6.07 Å². The normalized spacial score (nSPS) is 11.5. The maximum atomic E-state index is 9.22. The van der Waals surface area contributed by atoms with Crippen LogP contribution in [-0.4, -0.2) is 5.71 Å². The molecule has 0 aliphatic heterocycles. The summed E-state index contributed by atoms with van der Waals surface area (Å²) in [5.41, 5.74) is 2.01. The highest BCUT2D eigenvalue weighted by atomic mass is 14.5. The summed E-state index contributed by atoms with van der Waals surface area (Å²) in [6, 6.07) is 21.0. The van der Waals surface area contributed by atoms with Gasteiger partial charge in [-0.25, -0.2) is 0 Å². The molecule has 0 saturated carbocycles. The molecule has 0 aliphatic carbocycles. The lowest BCUT2D eigenvalue weighted by molar-refractivity contribution is 1.12. The van der Waals surface area contributed by atoms with E-state index in [1.54, 1.807) is 0 Å². The summed E-state index contributed by atoms with van der Waals surface area (Å²) in [4.78, 5) is 0. The largest absolute Gasteiger partial charge is 0.303 e. The van der Waals surface area contributed by atoms with Gasteiger partial charge in [0, 0.05) is 0 Å². The van der Waals surface area contributed by atoms with Crippen molar-refractivity contribution in [1.82, 2.24) is 0 Å². The molecule has 1 N–H and O–H groups in total. The van der Waals surface area contributed by atoms with Crippen molar-refractivity contribution in [3.05, 3.63) is 71.8 Å². The molecular weight excluding hydrogens is 208 g/mol.